The number of hydrogen-bond donors (Lipinski definition) is 2. The number of amides is 4. The van der Waals surface area contributed by atoms with Crippen LogP contribution in [-0.2, 0) is 9.59 Å². The monoisotopic (exact) mass is 389 g/mol. The Hall–Kier alpha value is -2.44. The summed E-state index contributed by atoms with van der Waals surface area (Å²) in [7, 11) is 0. The zero-order chi connectivity index (χ0) is 20.7. The lowest BCUT2D eigenvalue weighted by Gasteiger charge is -2.40. The molecule has 7 heteroatoms. The van der Waals surface area contributed by atoms with E-state index < -0.39 is 29.8 Å². The van der Waals surface area contributed by atoms with Gasteiger partial charge < -0.3 is 10.6 Å². The van der Waals surface area contributed by atoms with Gasteiger partial charge in [-0.1, -0.05) is 26.8 Å². The Morgan fingerprint density at radius 3 is 2.50 bits per heavy atom. The number of hydrogen-bond acceptors (Lipinski definition) is 3. The molecule has 2 N–H and O–H groups in total. The first-order valence-electron chi connectivity index (χ1n) is 9.72. The van der Waals surface area contributed by atoms with E-state index in [2.05, 4.69) is 31.4 Å². The Morgan fingerprint density at radius 1 is 1.29 bits per heavy atom. The van der Waals surface area contributed by atoms with Gasteiger partial charge in [-0.3, -0.25) is 14.5 Å². The van der Waals surface area contributed by atoms with Gasteiger partial charge in [0.15, 0.2) is 0 Å². The summed E-state index contributed by atoms with van der Waals surface area (Å²) in [6.45, 7) is 7.88. The predicted octanol–water partition coefficient (Wildman–Crippen LogP) is 3.60. The van der Waals surface area contributed by atoms with Gasteiger partial charge >= 0.3 is 6.03 Å². The molecule has 1 aliphatic carbocycles. The summed E-state index contributed by atoms with van der Waals surface area (Å²) in [5.74, 6) is -1.02. The highest BCUT2D eigenvalue weighted by Gasteiger charge is 2.53. The van der Waals surface area contributed by atoms with E-state index in [1.165, 1.54) is 12.1 Å². The minimum atomic E-state index is -0.909. The molecule has 0 atom stereocenters. The van der Waals surface area contributed by atoms with Crippen LogP contribution in [0.4, 0.5) is 14.9 Å². The number of halogens is 1. The van der Waals surface area contributed by atoms with Crippen LogP contribution in [0.2, 0.25) is 0 Å². The van der Waals surface area contributed by atoms with Gasteiger partial charge in [0.25, 0.3) is 5.91 Å². The molecule has 1 aromatic carbocycles. The van der Waals surface area contributed by atoms with Crippen molar-refractivity contribution in [3.05, 3.63) is 29.6 Å². The minimum Gasteiger partial charge on any atom is -0.323 e. The summed E-state index contributed by atoms with van der Waals surface area (Å²) >= 11 is 0. The second-order valence-corrected chi connectivity index (χ2v) is 9.08. The summed E-state index contributed by atoms with van der Waals surface area (Å²) in [5, 5.41) is 5.25. The first kappa shape index (κ1) is 20.3. The van der Waals surface area contributed by atoms with Crippen LogP contribution in [0.15, 0.2) is 18.2 Å². The molecule has 4 amide bonds. The lowest BCUT2D eigenvalue weighted by Crippen LogP contribution is -2.51. The molecule has 2 aliphatic rings. The van der Waals surface area contributed by atoms with Gasteiger partial charge in [-0.2, -0.15) is 0 Å². The van der Waals surface area contributed by atoms with Crippen molar-refractivity contribution in [2.45, 2.75) is 58.9 Å². The van der Waals surface area contributed by atoms with Gasteiger partial charge in [-0.25, -0.2) is 9.18 Å². The van der Waals surface area contributed by atoms with Crippen LogP contribution in [0.3, 0.4) is 0 Å². The summed E-state index contributed by atoms with van der Waals surface area (Å²) in [5.41, 5.74) is 0.0135. The normalized spacial score (nSPS) is 25.2. The van der Waals surface area contributed by atoms with E-state index in [1.807, 2.05) is 0 Å². The van der Waals surface area contributed by atoms with Crippen molar-refractivity contribution < 1.29 is 18.8 Å². The Bertz CT molecular complexity index is 808. The van der Waals surface area contributed by atoms with E-state index in [4.69, 9.17) is 0 Å². The molecule has 1 aromatic rings. The van der Waals surface area contributed by atoms with Crippen LogP contribution < -0.4 is 10.6 Å². The molecule has 0 radical (unpaired) electrons. The highest BCUT2D eigenvalue weighted by Crippen LogP contribution is 2.43. The summed E-state index contributed by atoms with van der Waals surface area (Å²) < 4.78 is 13.9. The topological polar surface area (TPSA) is 78.5 Å². The fourth-order valence-corrected chi connectivity index (χ4v) is 4.19. The Balaban J connectivity index is 1.65. The standard InChI is InChI=1S/C21H28FN3O3/c1-13-5-6-16(15(22)11-13)23-17(26)12-25-18(27)21(24-19(25)28)9-7-14(8-10-21)20(2,3)4/h5-6,11,14H,7-10,12H2,1-4H3,(H,23,26)(H,24,28). The van der Waals surface area contributed by atoms with Gasteiger partial charge in [0.1, 0.15) is 17.9 Å². The maximum atomic E-state index is 13.9. The molecule has 2 fully saturated rings. The summed E-state index contributed by atoms with van der Waals surface area (Å²) in [6.07, 6.45) is 2.85. The first-order chi connectivity index (χ1) is 13.0. The number of anilines is 1. The largest absolute Gasteiger partial charge is 0.325 e. The van der Waals surface area contributed by atoms with Crippen molar-refractivity contribution in [2.75, 3.05) is 11.9 Å². The molecule has 1 spiro atoms. The number of nitrogens with one attached hydrogen (secondary N) is 2. The molecule has 1 saturated carbocycles. The second kappa shape index (κ2) is 7.18. The molecule has 1 heterocycles. The highest BCUT2D eigenvalue weighted by atomic mass is 19.1. The fourth-order valence-electron chi connectivity index (χ4n) is 4.19. The van der Waals surface area contributed by atoms with E-state index in [0.717, 1.165) is 23.3 Å². The van der Waals surface area contributed by atoms with Crippen LogP contribution in [0.1, 0.15) is 52.0 Å². The third kappa shape index (κ3) is 3.88. The number of carbonyl (C=O) groups is 3. The second-order valence-electron chi connectivity index (χ2n) is 9.08. The van der Waals surface area contributed by atoms with Gasteiger partial charge in [-0.05, 0) is 61.6 Å². The molecule has 0 aromatic heterocycles. The average Bonchev–Trinajstić information content (AvgIpc) is 2.81. The van der Waals surface area contributed by atoms with E-state index in [0.29, 0.717) is 18.8 Å². The minimum absolute atomic E-state index is 0.0306. The van der Waals surface area contributed by atoms with E-state index in [1.54, 1.807) is 13.0 Å². The van der Waals surface area contributed by atoms with Crippen molar-refractivity contribution in [1.29, 1.82) is 0 Å². The maximum absolute atomic E-state index is 13.9. The van der Waals surface area contributed by atoms with Crippen LogP contribution in [0.5, 0.6) is 0 Å². The predicted molar refractivity (Wildman–Crippen MR) is 104 cm³/mol. The van der Waals surface area contributed by atoms with Crippen molar-refractivity contribution in [1.82, 2.24) is 10.2 Å². The fraction of sp³-hybridized carbons (Fsp3) is 0.571. The van der Waals surface area contributed by atoms with Gasteiger partial charge in [0, 0.05) is 0 Å². The highest BCUT2D eigenvalue weighted by molar-refractivity contribution is 6.10. The number of rotatable bonds is 3. The smallest absolute Gasteiger partial charge is 0.323 e. The number of imide groups is 1. The Labute approximate surface area is 164 Å². The Morgan fingerprint density at radius 2 is 1.93 bits per heavy atom. The molecule has 152 valence electrons. The van der Waals surface area contributed by atoms with E-state index in [9.17, 15) is 18.8 Å². The molecule has 3 rings (SSSR count). The summed E-state index contributed by atoms with van der Waals surface area (Å²) in [6, 6.07) is 3.89. The Kier molecular flexibility index (Phi) is 5.21. The van der Waals surface area contributed by atoms with Crippen molar-refractivity contribution in [3.63, 3.8) is 0 Å². The molecule has 1 aliphatic heterocycles. The third-order valence-electron chi connectivity index (χ3n) is 6.01. The number of aryl methyl sites for hydroxylation is 1. The molecule has 0 unspecified atom stereocenters. The molecule has 6 nitrogen and oxygen atoms in total. The van der Waals surface area contributed by atoms with Crippen LogP contribution >= 0.6 is 0 Å². The van der Waals surface area contributed by atoms with E-state index in [-0.39, 0.29) is 17.0 Å². The van der Waals surface area contributed by atoms with E-state index >= 15 is 0 Å². The molecule has 1 saturated heterocycles. The maximum Gasteiger partial charge on any atom is 0.325 e. The van der Waals surface area contributed by atoms with Crippen molar-refractivity contribution in [2.24, 2.45) is 11.3 Å². The quantitative estimate of drug-likeness (QED) is 0.776. The molecule has 0 bridgehead atoms. The number of nitrogens with zero attached hydrogens (tertiary/aromatic N) is 1. The molecular formula is C21H28FN3O3. The SMILES string of the molecule is Cc1ccc(NC(=O)CN2C(=O)NC3(CCC(C(C)(C)C)CC3)C2=O)c(F)c1. The lowest BCUT2D eigenvalue weighted by atomic mass is 9.67. The van der Waals surface area contributed by atoms with Crippen LogP contribution in [0, 0.1) is 24.1 Å². The summed E-state index contributed by atoms with van der Waals surface area (Å²) in [4.78, 5) is 38.6. The van der Waals surface area contributed by atoms with Crippen molar-refractivity contribution >= 4 is 23.5 Å². The van der Waals surface area contributed by atoms with Crippen molar-refractivity contribution in [3.8, 4) is 0 Å². The molecule has 28 heavy (non-hydrogen) atoms. The van der Waals surface area contributed by atoms with Crippen LogP contribution in [-0.4, -0.2) is 34.8 Å². The zero-order valence-corrected chi connectivity index (χ0v) is 16.9. The third-order valence-corrected chi connectivity index (χ3v) is 6.01. The van der Waals surface area contributed by atoms with Gasteiger partial charge in [0.2, 0.25) is 5.91 Å². The van der Waals surface area contributed by atoms with Gasteiger partial charge in [-0.15, -0.1) is 0 Å². The first-order valence-corrected chi connectivity index (χ1v) is 9.72. The number of urea groups is 1. The molecular weight excluding hydrogens is 361 g/mol. The zero-order valence-electron chi connectivity index (χ0n) is 16.9. The van der Waals surface area contributed by atoms with Gasteiger partial charge in [0.05, 0.1) is 5.69 Å². The number of carbonyl (C=O) groups excluding carboxylic acids is 3. The van der Waals surface area contributed by atoms with Crippen LogP contribution in [0.25, 0.3) is 0 Å². The lowest BCUT2D eigenvalue weighted by molar-refractivity contribution is -0.135. The average molecular weight is 389 g/mol. The number of benzene rings is 1.